The van der Waals surface area contributed by atoms with Gasteiger partial charge in [-0.1, -0.05) is 18.0 Å². The summed E-state index contributed by atoms with van der Waals surface area (Å²) in [5, 5.41) is 3.91. The molecule has 1 aromatic rings. The van der Waals surface area contributed by atoms with E-state index in [0.717, 1.165) is 24.7 Å². The number of hydrogen-bond donors (Lipinski definition) is 1. The molecule has 1 heterocycles. The molecule has 5 atom stereocenters. The van der Waals surface area contributed by atoms with Gasteiger partial charge in [-0.2, -0.15) is 0 Å². The molecule has 1 N–H and O–H groups in total. The second-order valence-corrected chi connectivity index (χ2v) is 9.17. The average Bonchev–Trinajstić information content (AvgIpc) is 3.32. The second-order valence-electron chi connectivity index (χ2n) is 8.73. The largest absolute Gasteiger partial charge is 0.353 e. The van der Waals surface area contributed by atoms with Gasteiger partial charge < -0.3 is 10.2 Å². The lowest BCUT2D eigenvalue weighted by atomic mass is 9.83. The van der Waals surface area contributed by atoms with E-state index in [1.54, 1.807) is 24.3 Å². The molecule has 0 unspecified atom stereocenters. The van der Waals surface area contributed by atoms with Crippen molar-refractivity contribution < 1.29 is 9.59 Å². The van der Waals surface area contributed by atoms with Gasteiger partial charge in [-0.05, 0) is 81.0 Å². The summed E-state index contributed by atoms with van der Waals surface area (Å²) in [6.07, 6.45) is 7.09. The van der Waals surface area contributed by atoms with Crippen LogP contribution in [0.25, 0.3) is 0 Å². The average molecular weight is 389 g/mol. The fraction of sp³-hybridized carbons (Fsp3) is 0.636. The molecule has 2 amide bonds. The number of carbonyl (C=O) groups excluding carboxylic acids is 2. The molecule has 2 aliphatic carbocycles. The van der Waals surface area contributed by atoms with Crippen molar-refractivity contribution in [3.8, 4) is 0 Å². The van der Waals surface area contributed by atoms with Crippen LogP contribution in [0.4, 0.5) is 0 Å². The molecule has 2 bridgehead atoms. The molecule has 1 saturated heterocycles. The van der Waals surface area contributed by atoms with Gasteiger partial charge in [0.1, 0.15) is 0 Å². The molecule has 2 saturated carbocycles. The van der Waals surface area contributed by atoms with Gasteiger partial charge in [0.15, 0.2) is 0 Å². The van der Waals surface area contributed by atoms with Crippen molar-refractivity contribution in [1.82, 2.24) is 10.2 Å². The van der Waals surface area contributed by atoms with Crippen molar-refractivity contribution in [3.05, 3.63) is 34.9 Å². The number of hydrogen-bond acceptors (Lipinski definition) is 2. The van der Waals surface area contributed by atoms with Crippen LogP contribution < -0.4 is 5.32 Å². The zero-order valence-corrected chi connectivity index (χ0v) is 16.8. The summed E-state index contributed by atoms with van der Waals surface area (Å²) >= 11 is 5.91. The lowest BCUT2D eigenvalue weighted by Gasteiger charge is -2.34. The summed E-state index contributed by atoms with van der Waals surface area (Å²) in [7, 11) is 0. The highest BCUT2D eigenvalue weighted by molar-refractivity contribution is 6.30. The Morgan fingerprint density at radius 3 is 2.59 bits per heavy atom. The third-order valence-electron chi connectivity index (χ3n) is 6.98. The van der Waals surface area contributed by atoms with Crippen molar-refractivity contribution in [1.29, 1.82) is 0 Å². The normalized spacial score (nSPS) is 31.0. The quantitative estimate of drug-likeness (QED) is 0.842. The van der Waals surface area contributed by atoms with Gasteiger partial charge in [0, 0.05) is 29.7 Å². The van der Waals surface area contributed by atoms with Gasteiger partial charge in [0.25, 0.3) is 5.91 Å². The van der Waals surface area contributed by atoms with Crippen LogP contribution in [-0.4, -0.2) is 35.8 Å². The highest BCUT2D eigenvalue weighted by atomic mass is 35.5. The van der Waals surface area contributed by atoms with Crippen LogP contribution in [0.1, 0.15) is 55.8 Å². The Morgan fingerprint density at radius 2 is 1.93 bits per heavy atom. The Balaban J connectivity index is 1.34. The van der Waals surface area contributed by atoms with E-state index in [0.29, 0.717) is 29.6 Å². The number of nitrogens with one attached hydrogen (secondary N) is 1. The fourth-order valence-electron chi connectivity index (χ4n) is 5.51. The Kier molecular flexibility index (Phi) is 5.45. The van der Waals surface area contributed by atoms with Crippen LogP contribution >= 0.6 is 11.6 Å². The van der Waals surface area contributed by atoms with Crippen molar-refractivity contribution in [2.75, 3.05) is 13.1 Å². The van der Waals surface area contributed by atoms with Gasteiger partial charge in [0.2, 0.25) is 5.91 Å². The minimum absolute atomic E-state index is 0.00896. The zero-order chi connectivity index (χ0) is 19.0. The maximum Gasteiger partial charge on any atom is 0.253 e. The third-order valence-corrected chi connectivity index (χ3v) is 7.23. The third kappa shape index (κ3) is 4.01. The molecular formula is C22H29ClN2O2. The molecule has 5 heteroatoms. The van der Waals surface area contributed by atoms with E-state index in [1.807, 2.05) is 4.90 Å². The van der Waals surface area contributed by atoms with Crippen LogP contribution in [0.2, 0.25) is 5.02 Å². The fourth-order valence-corrected chi connectivity index (χ4v) is 5.63. The first-order chi connectivity index (χ1) is 13.0. The first-order valence-corrected chi connectivity index (χ1v) is 10.7. The summed E-state index contributed by atoms with van der Waals surface area (Å²) in [6, 6.07) is 7.23. The molecule has 3 aliphatic rings. The van der Waals surface area contributed by atoms with Gasteiger partial charge in [-0.15, -0.1) is 0 Å². The first-order valence-electron chi connectivity index (χ1n) is 10.4. The molecule has 3 fully saturated rings. The Labute approximate surface area is 166 Å². The standard InChI is InChI=1S/C22H29ClN2O2/c1-14(20-12-15-4-5-17(20)11-15)24-21(26)18-3-2-10-25(13-18)22(27)16-6-8-19(23)9-7-16/h6-9,14-15,17-18,20H,2-5,10-13H2,1H3,(H,24,26)/t14-,15-,17-,18-,20-/m0/s1. The Bertz CT molecular complexity index is 705. The Morgan fingerprint density at radius 1 is 1.15 bits per heavy atom. The molecule has 0 spiro atoms. The number of amides is 2. The molecule has 1 aromatic carbocycles. The number of likely N-dealkylation sites (tertiary alicyclic amines) is 1. The summed E-state index contributed by atoms with van der Waals surface area (Å²) < 4.78 is 0. The van der Waals surface area contributed by atoms with Gasteiger partial charge in [-0.25, -0.2) is 0 Å². The number of carbonyl (C=O) groups is 2. The summed E-state index contributed by atoms with van der Waals surface area (Å²) in [5.41, 5.74) is 0.635. The lowest BCUT2D eigenvalue weighted by Crippen LogP contribution is -2.49. The molecule has 0 radical (unpaired) electrons. The highest BCUT2D eigenvalue weighted by Crippen LogP contribution is 2.49. The van der Waals surface area contributed by atoms with Crippen molar-refractivity contribution in [3.63, 3.8) is 0 Å². The molecule has 4 nitrogen and oxygen atoms in total. The molecule has 1 aliphatic heterocycles. The number of benzene rings is 1. The van der Waals surface area contributed by atoms with Crippen molar-refractivity contribution in [2.45, 2.75) is 51.5 Å². The predicted molar refractivity (Wildman–Crippen MR) is 107 cm³/mol. The topological polar surface area (TPSA) is 49.4 Å². The predicted octanol–water partition coefficient (Wildman–Crippen LogP) is 4.13. The maximum atomic E-state index is 12.9. The highest BCUT2D eigenvalue weighted by Gasteiger charge is 2.42. The molecular weight excluding hydrogens is 360 g/mol. The van der Waals surface area contributed by atoms with E-state index < -0.39 is 0 Å². The van der Waals surface area contributed by atoms with E-state index >= 15 is 0 Å². The van der Waals surface area contributed by atoms with E-state index in [1.165, 1.54) is 25.7 Å². The first kappa shape index (κ1) is 18.8. The van der Waals surface area contributed by atoms with E-state index in [4.69, 9.17) is 11.6 Å². The number of fused-ring (bicyclic) bond motifs is 2. The van der Waals surface area contributed by atoms with Crippen LogP contribution in [0.15, 0.2) is 24.3 Å². The van der Waals surface area contributed by atoms with Crippen molar-refractivity contribution >= 4 is 23.4 Å². The maximum absolute atomic E-state index is 12.9. The van der Waals surface area contributed by atoms with E-state index in [9.17, 15) is 9.59 Å². The second kappa shape index (κ2) is 7.83. The zero-order valence-electron chi connectivity index (χ0n) is 16.0. The van der Waals surface area contributed by atoms with Gasteiger partial charge in [-0.3, -0.25) is 9.59 Å². The minimum atomic E-state index is -0.101. The molecule has 146 valence electrons. The van der Waals surface area contributed by atoms with Crippen LogP contribution in [0, 0.1) is 23.7 Å². The van der Waals surface area contributed by atoms with Gasteiger partial charge in [0.05, 0.1) is 5.92 Å². The van der Waals surface area contributed by atoms with E-state index in [2.05, 4.69) is 12.2 Å². The molecule has 27 heavy (non-hydrogen) atoms. The van der Waals surface area contributed by atoms with Crippen molar-refractivity contribution in [2.24, 2.45) is 23.7 Å². The molecule has 4 rings (SSSR count). The lowest BCUT2D eigenvalue weighted by molar-refractivity contribution is -0.127. The minimum Gasteiger partial charge on any atom is -0.353 e. The Hall–Kier alpha value is -1.55. The number of halogens is 1. The van der Waals surface area contributed by atoms with Crippen LogP contribution in [0.3, 0.4) is 0 Å². The molecule has 0 aromatic heterocycles. The number of nitrogens with zero attached hydrogens (tertiary/aromatic N) is 1. The summed E-state index contributed by atoms with van der Waals surface area (Å²) in [5.74, 6) is 2.35. The summed E-state index contributed by atoms with van der Waals surface area (Å²) in [4.78, 5) is 27.4. The van der Waals surface area contributed by atoms with Gasteiger partial charge >= 0.3 is 0 Å². The van der Waals surface area contributed by atoms with Crippen LogP contribution in [0.5, 0.6) is 0 Å². The SMILES string of the molecule is C[C@H](NC(=O)[C@H]1CCCN(C(=O)c2ccc(Cl)cc2)C1)[C@@H]1C[C@H]2CC[C@H]1C2. The smallest absolute Gasteiger partial charge is 0.253 e. The number of rotatable bonds is 4. The van der Waals surface area contributed by atoms with E-state index in [-0.39, 0.29) is 23.8 Å². The monoisotopic (exact) mass is 388 g/mol. The summed E-state index contributed by atoms with van der Waals surface area (Å²) in [6.45, 7) is 3.40. The number of piperidine rings is 1. The van der Waals surface area contributed by atoms with Crippen LogP contribution in [-0.2, 0) is 4.79 Å².